The van der Waals surface area contributed by atoms with E-state index in [2.05, 4.69) is 118 Å². The second-order valence-corrected chi connectivity index (χ2v) is 19.9. The van der Waals surface area contributed by atoms with Gasteiger partial charge in [-0.05, 0) is 109 Å². The van der Waals surface area contributed by atoms with E-state index in [4.69, 9.17) is 14.2 Å². The van der Waals surface area contributed by atoms with Crippen LogP contribution in [0.2, 0.25) is 0 Å². The van der Waals surface area contributed by atoms with Crippen molar-refractivity contribution in [2.75, 3.05) is 13.2 Å². The van der Waals surface area contributed by atoms with E-state index in [-0.39, 0.29) is 31.1 Å². The first-order chi connectivity index (χ1) is 35.5. The maximum atomic E-state index is 12.9. The topological polar surface area (TPSA) is 78.9 Å². The Labute approximate surface area is 445 Å². The van der Waals surface area contributed by atoms with E-state index in [1.807, 2.05) is 0 Å². The molecule has 0 bridgehead atoms. The zero-order chi connectivity index (χ0) is 52.2. The summed E-state index contributed by atoms with van der Waals surface area (Å²) in [4.78, 5) is 38.3. The van der Waals surface area contributed by atoms with Gasteiger partial charge in [0.25, 0.3) is 0 Å². The quantitative estimate of drug-likeness (QED) is 0.0199. The van der Waals surface area contributed by atoms with Crippen LogP contribution in [-0.2, 0) is 28.6 Å². The molecule has 1 atom stereocenters. The molecule has 0 saturated heterocycles. The summed E-state index contributed by atoms with van der Waals surface area (Å²) in [5.74, 6) is -0.900. The molecule has 0 aromatic heterocycles. The molecule has 6 heteroatoms. The third-order valence-corrected chi connectivity index (χ3v) is 12.8. The van der Waals surface area contributed by atoms with Crippen molar-refractivity contribution in [2.45, 2.75) is 290 Å². The smallest absolute Gasteiger partial charge is 0.306 e. The van der Waals surface area contributed by atoms with Crippen LogP contribution in [0.4, 0.5) is 0 Å². The standard InChI is InChI=1S/C66H112O6/c1-4-7-10-13-16-19-22-25-28-31-33-35-38-41-44-47-50-53-56-59-65(68)71-62-63(61-70-64(67)58-55-52-49-46-43-40-37-30-27-24-21-18-15-12-9-6-3)72-66(69)60-57-54-51-48-45-42-39-36-34-32-29-26-23-20-17-14-11-8-5-2/h7,9-10,12,16-21,23,25-28,30,63H,4-6,8,11,13-15,22,24,29,31-62H2,1-3H3/b10-7-,12-9-,19-16-,20-17-,21-18-,26-23-,28-25-,30-27-. The van der Waals surface area contributed by atoms with E-state index < -0.39 is 6.10 Å². The number of unbranched alkanes of at least 4 members (excludes halogenated alkanes) is 28. The van der Waals surface area contributed by atoms with Crippen LogP contribution in [-0.4, -0.2) is 37.2 Å². The molecule has 0 aliphatic rings. The van der Waals surface area contributed by atoms with E-state index in [0.717, 1.165) is 103 Å². The molecule has 0 heterocycles. The summed E-state index contributed by atoms with van der Waals surface area (Å²) >= 11 is 0. The normalized spacial score (nSPS) is 12.8. The molecule has 0 amide bonds. The van der Waals surface area contributed by atoms with E-state index in [0.29, 0.717) is 19.3 Å². The first-order valence-electron chi connectivity index (χ1n) is 30.3. The number of rotatable bonds is 54. The predicted octanol–water partition coefficient (Wildman–Crippen LogP) is 20.5. The van der Waals surface area contributed by atoms with Crippen LogP contribution >= 0.6 is 0 Å². The Morgan fingerprint density at radius 1 is 0.306 bits per heavy atom. The van der Waals surface area contributed by atoms with Gasteiger partial charge < -0.3 is 14.2 Å². The van der Waals surface area contributed by atoms with Crippen LogP contribution in [0.25, 0.3) is 0 Å². The summed E-state index contributed by atoms with van der Waals surface area (Å²) in [7, 11) is 0. The minimum Gasteiger partial charge on any atom is -0.462 e. The van der Waals surface area contributed by atoms with Gasteiger partial charge in [-0.25, -0.2) is 0 Å². The summed E-state index contributed by atoms with van der Waals surface area (Å²) in [6.45, 7) is 6.39. The molecular formula is C66H112O6. The van der Waals surface area contributed by atoms with E-state index in [1.165, 1.54) is 141 Å². The summed E-state index contributed by atoms with van der Waals surface area (Å²) in [5, 5.41) is 0. The van der Waals surface area contributed by atoms with Crippen molar-refractivity contribution in [1.82, 2.24) is 0 Å². The number of hydrogen-bond donors (Lipinski definition) is 0. The molecule has 0 radical (unpaired) electrons. The second kappa shape index (κ2) is 59.9. The van der Waals surface area contributed by atoms with Gasteiger partial charge in [-0.3, -0.25) is 14.4 Å². The molecule has 0 aliphatic heterocycles. The fraction of sp³-hybridized carbons (Fsp3) is 0.712. The SMILES string of the molecule is CC/C=C\C/C=C\C/C=C\CCCCCCCCCCCC(=O)OCC(COC(=O)CCCCCCCC/C=C\C/C=C\C/C=C\CC)OC(=O)CCCCCCCCCCCC/C=C\C=C/CCCCC. The maximum Gasteiger partial charge on any atom is 0.306 e. The van der Waals surface area contributed by atoms with Gasteiger partial charge in [-0.15, -0.1) is 0 Å². The highest BCUT2D eigenvalue weighted by Gasteiger charge is 2.19. The number of carbonyl (C=O) groups is 3. The third-order valence-electron chi connectivity index (χ3n) is 12.8. The van der Waals surface area contributed by atoms with Gasteiger partial charge in [0.15, 0.2) is 6.10 Å². The zero-order valence-electron chi connectivity index (χ0n) is 47.2. The van der Waals surface area contributed by atoms with Crippen molar-refractivity contribution in [3.63, 3.8) is 0 Å². The largest absolute Gasteiger partial charge is 0.462 e. The molecule has 0 fully saturated rings. The average molecular weight is 1000 g/mol. The molecule has 0 N–H and O–H groups in total. The lowest BCUT2D eigenvalue weighted by atomic mass is 10.1. The molecule has 1 unspecified atom stereocenters. The first-order valence-corrected chi connectivity index (χ1v) is 30.3. The van der Waals surface area contributed by atoms with Crippen molar-refractivity contribution >= 4 is 17.9 Å². The fourth-order valence-electron chi connectivity index (χ4n) is 8.35. The Balaban J connectivity index is 4.41. The number of ether oxygens (including phenoxy) is 3. The minimum atomic E-state index is -0.789. The van der Waals surface area contributed by atoms with Crippen molar-refractivity contribution in [1.29, 1.82) is 0 Å². The monoisotopic (exact) mass is 1000 g/mol. The maximum absolute atomic E-state index is 12.9. The highest BCUT2D eigenvalue weighted by molar-refractivity contribution is 5.71. The Bertz CT molecular complexity index is 1430. The number of carbonyl (C=O) groups excluding carboxylic acids is 3. The summed E-state index contributed by atoms with van der Waals surface area (Å²) in [5.41, 5.74) is 0. The second-order valence-electron chi connectivity index (χ2n) is 19.9. The molecule has 6 nitrogen and oxygen atoms in total. The van der Waals surface area contributed by atoms with Crippen molar-refractivity contribution in [2.24, 2.45) is 0 Å². The fourth-order valence-corrected chi connectivity index (χ4v) is 8.35. The lowest BCUT2D eigenvalue weighted by Gasteiger charge is -2.18. The van der Waals surface area contributed by atoms with Crippen LogP contribution in [0.15, 0.2) is 97.2 Å². The predicted molar refractivity (Wildman–Crippen MR) is 311 cm³/mol. The summed E-state index contributed by atoms with van der Waals surface area (Å²) in [6.07, 6.45) is 79.7. The Hall–Kier alpha value is -3.67. The van der Waals surface area contributed by atoms with E-state index >= 15 is 0 Å². The first kappa shape index (κ1) is 68.3. The Kier molecular flexibility index (Phi) is 56.8. The van der Waals surface area contributed by atoms with Gasteiger partial charge in [0.2, 0.25) is 0 Å². The molecule has 0 aromatic carbocycles. The van der Waals surface area contributed by atoms with Gasteiger partial charge in [0, 0.05) is 19.3 Å². The van der Waals surface area contributed by atoms with Crippen molar-refractivity contribution in [3.8, 4) is 0 Å². The van der Waals surface area contributed by atoms with Crippen molar-refractivity contribution < 1.29 is 28.6 Å². The lowest BCUT2D eigenvalue weighted by Crippen LogP contribution is -2.30. The van der Waals surface area contributed by atoms with Gasteiger partial charge in [0.05, 0.1) is 0 Å². The zero-order valence-corrected chi connectivity index (χ0v) is 47.2. The molecule has 412 valence electrons. The van der Waals surface area contributed by atoms with Gasteiger partial charge in [-0.1, -0.05) is 253 Å². The molecule has 0 spiro atoms. The molecule has 0 saturated carbocycles. The molecule has 0 aliphatic carbocycles. The molecule has 0 rings (SSSR count). The van der Waals surface area contributed by atoms with Crippen LogP contribution < -0.4 is 0 Å². The third kappa shape index (κ3) is 57.2. The lowest BCUT2D eigenvalue weighted by molar-refractivity contribution is -0.167. The van der Waals surface area contributed by atoms with Gasteiger partial charge in [0.1, 0.15) is 13.2 Å². The Morgan fingerprint density at radius 3 is 0.931 bits per heavy atom. The van der Waals surface area contributed by atoms with E-state index in [9.17, 15) is 14.4 Å². The molecule has 72 heavy (non-hydrogen) atoms. The van der Waals surface area contributed by atoms with Crippen LogP contribution in [0.3, 0.4) is 0 Å². The van der Waals surface area contributed by atoms with E-state index in [1.54, 1.807) is 0 Å². The van der Waals surface area contributed by atoms with Crippen molar-refractivity contribution in [3.05, 3.63) is 97.2 Å². The van der Waals surface area contributed by atoms with Crippen LogP contribution in [0.1, 0.15) is 284 Å². The van der Waals surface area contributed by atoms with Crippen LogP contribution in [0.5, 0.6) is 0 Å². The van der Waals surface area contributed by atoms with Gasteiger partial charge in [-0.2, -0.15) is 0 Å². The highest BCUT2D eigenvalue weighted by atomic mass is 16.6. The number of allylic oxidation sites excluding steroid dienone is 16. The highest BCUT2D eigenvalue weighted by Crippen LogP contribution is 2.16. The number of hydrogen-bond acceptors (Lipinski definition) is 6. The Morgan fingerprint density at radius 2 is 0.583 bits per heavy atom. The molecular weight excluding hydrogens is 889 g/mol. The average Bonchev–Trinajstić information content (AvgIpc) is 3.38. The van der Waals surface area contributed by atoms with Gasteiger partial charge >= 0.3 is 17.9 Å². The number of esters is 3. The molecule has 0 aromatic rings. The minimum absolute atomic E-state index is 0.0859. The summed E-state index contributed by atoms with van der Waals surface area (Å²) in [6, 6.07) is 0. The van der Waals surface area contributed by atoms with Crippen LogP contribution in [0, 0.1) is 0 Å². The summed E-state index contributed by atoms with van der Waals surface area (Å²) < 4.78 is 16.9.